The zero-order valence-electron chi connectivity index (χ0n) is 15.7. The van der Waals surface area contributed by atoms with E-state index in [0.29, 0.717) is 0 Å². The lowest BCUT2D eigenvalue weighted by Crippen LogP contribution is -2.46. The summed E-state index contributed by atoms with van der Waals surface area (Å²) in [5, 5.41) is 0. The smallest absolute Gasteiger partial charge is 0.433 e. The molecule has 0 saturated carbocycles. The van der Waals surface area contributed by atoms with Crippen molar-refractivity contribution in [2.45, 2.75) is 46.5 Å². The van der Waals surface area contributed by atoms with E-state index in [1.54, 1.807) is 0 Å². The first-order chi connectivity index (χ1) is 12.8. The first kappa shape index (κ1) is 24.0. The van der Waals surface area contributed by atoms with Crippen LogP contribution in [0.1, 0.15) is 34.1 Å². The van der Waals surface area contributed by atoms with Crippen LogP contribution >= 0.6 is 0 Å². The zero-order valence-corrected chi connectivity index (χ0v) is 15.7. The summed E-state index contributed by atoms with van der Waals surface area (Å²) in [6.45, 7) is 5.15. The molecular weight excluding hydrogens is 396 g/mol. The molecule has 1 aliphatic heterocycles. The number of carbonyl (C=O) groups is 2. The summed E-state index contributed by atoms with van der Waals surface area (Å²) in [7, 11) is 0. The van der Waals surface area contributed by atoms with Crippen molar-refractivity contribution >= 4 is 17.7 Å². The molecule has 11 heteroatoms. The van der Waals surface area contributed by atoms with Gasteiger partial charge in [-0.2, -0.15) is 26.3 Å². The number of esters is 2. The van der Waals surface area contributed by atoms with Gasteiger partial charge in [-0.25, -0.2) is 9.79 Å². The number of allylic oxidation sites excluding steroid dienone is 1. The van der Waals surface area contributed by atoms with Crippen molar-refractivity contribution in [1.29, 1.82) is 0 Å². The van der Waals surface area contributed by atoms with Crippen molar-refractivity contribution in [2.24, 2.45) is 22.7 Å². The number of aliphatic imine (C=N–C) groups is 1. The minimum atomic E-state index is -5.35. The highest BCUT2D eigenvalue weighted by Gasteiger charge is 2.56. The number of ether oxygens (including phenoxy) is 2. The van der Waals surface area contributed by atoms with Crippen molar-refractivity contribution in [1.82, 2.24) is 0 Å². The molecule has 0 fully saturated rings. The second kappa shape index (κ2) is 8.95. The third kappa shape index (κ3) is 5.48. The quantitative estimate of drug-likeness (QED) is 0.480. The van der Waals surface area contributed by atoms with Gasteiger partial charge in [-0.05, 0) is 26.2 Å². The van der Waals surface area contributed by atoms with Crippen molar-refractivity contribution in [3.63, 3.8) is 0 Å². The van der Waals surface area contributed by atoms with Gasteiger partial charge >= 0.3 is 24.3 Å². The summed E-state index contributed by atoms with van der Waals surface area (Å²) in [6, 6.07) is 0. The van der Waals surface area contributed by atoms with E-state index in [4.69, 9.17) is 0 Å². The van der Waals surface area contributed by atoms with Gasteiger partial charge < -0.3 is 9.47 Å². The molecule has 0 N–H and O–H groups in total. The predicted molar refractivity (Wildman–Crippen MR) is 86.3 cm³/mol. The van der Waals surface area contributed by atoms with Crippen LogP contribution in [0.4, 0.5) is 26.3 Å². The molecule has 0 amide bonds. The summed E-state index contributed by atoms with van der Waals surface area (Å²) >= 11 is 0. The fourth-order valence-electron chi connectivity index (χ4n) is 2.97. The highest BCUT2D eigenvalue weighted by Crippen LogP contribution is 2.45. The lowest BCUT2D eigenvalue weighted by Gasteiger charge is -2.34. The highest BCUT2D eigenvalue weighted by atomic mass is 19.4. The minimum Gasteiger partial charge on any atom is -0.465 e. The summed E-state index contributed by atoms with van der Waals surface area (Å²) in [5.41, 5.74) is -5.02. The Morgan fingerprint density at radius 2 is 1.54 bits per heavy atom. The maximum absolute atomic E-state index is 13.5. The molecule has 1 heterocycles. The Hall–Kier alpha value is -2.07. The van der Waals surface area contributed by atoms with Gasteiger partial charge in [0.2, 0.25) is 0 Å². The summed E-state index contributed by atoms with van der Waals surface area (Å²) < 4.78 is 90.2. The van der Waals surface area contributed by atoms with Gasteiger partial charge in [0.1, 0.15) is 11.6 Å². The van der Waals surface area contributed by atoms with Gasteiger partial charge in [0.25, 0.3) is 0 Å². The summed E-state index contributed by atoms with van der Waals surface area (Å²) in [4.78, 5) is 27.2. The van der Waals surface area contributed by atoms with Crippen LogP contribution in [0.15, 0.2) is 16.3 Å². The average molecular weight is 417 g/mol. The van der Waals surface area contributed by atoms with Crippen molar-refractivity contribution in [3.05, 3.63) is 11.3 Å². The van der Waals surface area contributed by atoms with E-state index in [9.17, 15) is 35.9 Å². The van der Waals surface area contributed by atoms with Gasteiger partial charge in [0.05, 0.1) is 18.8 Å². The third-order valence-electron chi connectivity index (χ3n) is 3.88. The number of halogens is 6. The van der Waals surface area contributed by atoms with Crippen LogP contribution in [0.2, 0.25) is 0 Å². The molecule has 2 unspecified atom stereocenters. The largest absolute Gasteiger partial charge is 0.465 e. The molecule has 0 aromatic heterocycles. The number of carbonyl (C=O) groups excluding carboxylic acids is 2. The molecule has 0 aliphatic carbocycles. The Kier molecular flexibility index (Phi) is 7.66. The van der Waals surface area contributed by atoms with E-state index < -0.39 is 59.0 Å². The monoisotopic (exact) mass is 417 g/mol. The van der Waals surface area contributed by atoms with Crippen LogP contribution in [0.3, 0.4) is 0 Å². The first-order valence-electron chi connectivity index (χ1n) is 8.56. The van der Waals surface area contributed by atoms with Crippen LogP contribution < -0.4 is 0 Å². The number of rotatable bonds is 6. The van der Waals surface area contributed by atoms with E-state index in [1.165, 1.54) is 27.7 Å². The van der Waals surface area contributed by atoms with Crippen molar-refractivity contribution < 1.29 is 45.4 Å². The van der Waals surface area contributed by atoms with Gasteiger partial charge in [-0.1, -0.05) is 13.8 Å². The fraction of sp³-hybridized carbons (Fsp3) is 0.706. The molecule has 0 aromatic carbocycles. The van der Waals surface area contributed by atoms with Crippen LogP contribution in [0.5, 0.6) is 0 Å². The fourth-order valence-corrected chi connectivity index (χ4v) is 2.97. The lowest BCUT2D eigenvalue weighted by atomic mass is 9.74. The molecule has 0 bridgehead atoms. The zero-order chi connectivity index (χ0) is 21.9. The van der Waals surface area contributed by atoms with Crippen molar-refractivity contribution in [3.8, 4) is 0 Å². The van der Waals surface area contributed by atoms with Crippen LogP contribution in [-0.4, -0.2) is 43.2 Å². The molecule has 0 saturated heterocycles. The number of nitrogens with zero attached hydrogens (tertiary/aromatic N) is 1. The highest BCUT2D eigenvalue weighted by molar-refractivity contribution is 6.09. The van der Waals surface area contributed by atoms with E-state index in [1.807, 2.05) is 0 Å². The van der Waals surface area contributed by atoms with Gasteiger partial charge in [0, 0.05) is 5.92 Å². The molecule has 0 radical (unpaired) electrons. The molecule has 1 rings (SSSR count). The lowest BCUT2D eigenvalue weighted by molar-refractivity contribution is -0.150. The SMILES string of the molecule is CCOC(=O)C1=C(C(F)(F)F)N=C(C(F)(F)F)C(C(=O)OCC)C1CC(C)C. The van der Waals surface area contributed by atoms with Crippen molar-refractivity contribution in [2.75, 3.05) is 13.2 Å². The number of hydrogen-bond acceptors (Lipinski definition) is 5. The van der Waals surface area contributed by atoms with Gasteiger partial charge in [-0.15, -0.1) is 0 Å². The van der Waals surface area contributed by atoms with Crippen LogP contribution in [0.25, 0.3) is 0 Å². The summed E-state index contributed by atoms with van der Waals surface area (Å²) in [5.74, 6) is -7.24. The molecule has 2 atom stereocenters. The molecule has 0 aromatic rings. The van der Waals surface area contributed by atoms with E-state index in [-0.39, 0.29) is 19.6 Å². The predicted octanol–water partition coefficient (Wildman–Crippen LogP) is 4.22. The Balaban J connectivity index is 3.84. The Bertz CT molecular complexity index is 664. The molecule has 160 valence electrons. The van der Waals surface area contributed by atoms with E-state index in [0.717, 1.165) is 0 Å². The second-order valence-electron chi connectivity index (χ2n) is 6.44. The normalized spacial score (nSPS) is 20.9. The van der Waals surface area contributed by atoms with Crippen LogP contribution in [-0.2, 0) is 19.1 Å². The molecule has 5 nitrogen and oxygen atoms in total. The van der Waals surface area contributed by atoms with Gasteiger partial charge in [0.15, 0.2) is 5.70 Å². The molecule has 28 heavy (non-hydrogen) atoms. The first-order valence-corrected chi connectivity index (χ1v) is 8.56. The third-order valence-corrected chi connectivity index (χ3v) is 3.88. The Morgan fingerprint density at radius 3 is 1.93 bits per heavy atom. The summed E-state index contributed by atoms with van der Waals surface area (Å²) in [6.07, 6.45) is -11.0. The van der Waals surface area contributed by atoms with E-state index in [2.05, 4.69) is 14.5 Å². The topological polar surface area (TPSA) is 65.0 Å². The molecular formula is C17H21F6NO4. The second-order valence-corrected chi connectivity index (χ2v) is 6.44. The van der Waals surface area contributed by atoms with Crippen LogP contribution in [0, 0.1) is 17.8 Å². The maximum atomic E-state index is 13.5. The molecule has 1 aliphatic rings. The average Bonchev–Trinajstić information content (AvgIpc) is 2.51. The minimum absolute atomic E-state index is 0.292. The Morgan fingerprint density at radius 1 is 1.00 bits per heavy atom. The Labute approximate surface area is 157 Å². The number of hydrogen-bond donors (Lipinski definition) is 0. The standard InChI is InChI=1S/C17H21F6NO4/c1-5-27-14(25)10-9(7-8(3)4)11(15(26)28-6-2)13(17(21,22)23)24-12(10)16(18,19)20/h8-10H,5-7H2,1-4H3. The molecule has 0 spiro atoms. The van der Waals surface area contributed by atoms with Gasteiger partial charge in [-0.3, -0.25) is 4.79 Å². The van der Waals surface area contributed by atoms with E-state index >= 15 is 0 Å². The number of alkyl halides is 6. The maximum Gasteiger partial charge on any atom is 0.433 e.